The molecule has 0 saturated heterocycles. The van der Waals surface area contributed by atoms with Gasteiger partial charge in [0, 0.05) is 0 Å². The number of hydrogen-bond donors (Lipinski definition) is 0. The molecule has 412 valence electrons. The number of unbranched alkanes of at least 4 members (excludes halogenated alkanes) is 4. The summed E-state index contributed by atoms with van der Waals surface area (Å²) in [6.07, 6.45) is 16.5. The zero-order valence-corrected chi connectivity index (χ0v) is 59.9. The second-order valence-corrected chi connectivity index (χ2v) is 36.8. The molecule has 0 bridgehead atoms. The summed E-state index contributed by atoms with van der Waals surface area (Å²) in [6, 6.07) is 54.3. The predicted octanol–water partition coefficient (Wildman–Crippen LogP) is 15.1. The molecule has 8 aromatic carbocycles. The van der Waals surface area contributed by atoms with E-state index in [1.54, 1.807) is 21.2 Å². The molecule has 0 aliphatic carbocycles. The van der Waals surface area contributed by atoms with Crippen molar-refractivity contribution in [2.75, 3.05) is 24.6 Å². The third kappa shape index (κ3) is 22.3. The van der Waals surface area contributed by atoms with Crippen LogP contribution in [0.15, 0.2) is 146 Å². The van der Waals surface area contributed by atoms with E-state index >= 15 is 0 Å². The molecule has 0 spiro atoms. The summed E-state index contributed by atoms with van der Waals surface area (Å²) in [4.78, 5) is 0. The van der Waals surface area contributed by atoms with Gasteiger partial charge >= 0.3 is 52.4 Å². The molecule has 0 aliphatic rings. The van der Waals surface area contributed by atoms with E-state index in [9.17, 15) is 0 Å². The van der Waals surface area contributed by atoms with E-state index < -0.39 is 0 Å². The normalized spacial score (nSPS) is 11.8. The quantitative estimate of drug-likeness (QED) is 0.0668. The summed E-state index contributed by atoms with van der Waals surface area (Å²) in [5, 5.41) is 19.0. The number of halogens is 2. The topological polar surface area (TPSA) is 0 Å². The maximum Gasteiger partial charge on any atom is 2.00 e. The van der Waals surface area contributed by atoms with E-state index in [-0.39, 0.29) is 109 Å². The first-order valence-electron chi connectivity index (χ1n) is 27.8. The molecule has 0 N–H and O–H groups in total. The van der Waals surface area contributed by atoms with Crippen molar-refractivity contribution in [3.8, 4) is 0 Å². The molecule has 0 saturated carbocycles. The Bertz CT molecular complexity index is 2430. The van der Waals surface area contributed by atoms with Gasteiger partial charge in [-0.05, 0) is 71.0 Å². The predicted molar refractivity (Wildman–Crippen MR) is 342 cm³/mol. The second-order valence-electron chi connectivity index (χ2n) is 24.1. The number of benzene rings is 4. The van der Waals surface area contributed by atoms with E-state index in [0.717, 1.165) is 0 Å². The third-order valence-electron chi connectivity index (χ3n) is 13.5. The molecule has 0 fully saturated rings. The molecule has 0 unspecified atom stereocenters. The van der Waals surface area contributed by atoms with Gasteiger partial charge < -0.3 is 24.8 Å². The van der Waals surface area contributed by atoms with Crippen LogP contribution in [-0.4, -0.2) is 45.3 Å². The van der Waals surface area contributed by atoms with Crippen LogP contribution in [0.25, 0.3) is 43.1 Å². The fourth-order valence-electron chi connectivity index (χ4n) is 10.9. The minimum absolute atomic E-state index is 0. The number of fused-ring (bicyclic) bond motifs is 4. The van der Waals surface area contributed by atoms with Gasteiger partial charge in [-0.15, -0.1) is 161 Å². The van der Waals surface area contributed by atoms with Crippen LogP contribution in [0.3, 0.4) is 0 Å². The fraction of sp³-hybridized carbons (Fsp3) is 0.471. The van der Waals surface area contributed by atoms with Gasteiger partial charge in [0.1, 0.15) is 0 Å². The summed E-state index contributed by atoms with van der Waals surface area (Å²) in [5.41, 5.74) is 0. The van der Waals surface area contributed by atoms with Gasteiger partial charge in [-0.25, -0.2) is 0 Å². The van der Waals surface area contributed by atoms with Crippen molar-refractivity contribution in [3.63, 3.8) is 0 Å². The van der Waals surface area contributed by atoms with E-state index in [4.69, 9.17) is 0 Å². The fourth-order valence-corrected chi connectivity index (χ4v) is 24.6. The van der Waals surface area contributed by atoms with Crippen LogP contribution in [0.4, 0.5) is 0 Å². The first-order valence-corrected chi connectivity index (χ1v) is 33.9. The average Bonchev–Trinajstić information content (AvgIpc) is 4.12. The van der Waals surface area contributed by atoms with Gasteiger partial charge in [0.15, 0.2) is 0 Å². The van der Waals surface area contributed by atoms with Crippen LogP contribution in [0.1, 0.15) is 162 Å². The number of rotatable bonds is 16. The summed E-state index contributed by atoms with van der Waals surface area (Å²) in [7, 11) is -0.198. The van der Waals surface area contributed by atoms with Crippen LogP contribution < -0.4 is 46.0 Å². The van der Waals surface area contributed by atoms with E-state index in [0.29, 0.717) is 20.6 Å². The Morgan fingerprint density at radius 3 is 0.711 bits per heavy atom. The Hall–Kier alpha value is -0.614. The van der Waals surface area contributed by atoms with Crippen molar-refractivity contribution in [1.82, 2.24) is 0 Å². The standard InChI is InChI=1S/4C17H24P.2ClH.2Zr/c2*1-16(2,3)18(17(4,5)6)15-11-13-9-7-8-10-14(13)12-15;2*1-3-5-11-18(12-6-4-2)17-13-15-9-7-8-10-16(15)14-17;;;;/h2*7-12H,1-6H3;2*7-10,13-14H,3-6,11-12H2,1-2H3;2*1H;;/q4*-1;;;2*+2/p-2. The van der Waals surface area contributed by atoms with Crippen LogP contribution in [-0.2, 0) is 52.4 Å². The molecule has 0 amide bonds. The Morgan fingerprint density at radius 1 is 0.316 bits per heavy atom. The molecular weight excluding hydrogens is 1190 g/mol. The van der Waals surface area contributed by atoms with E-state index in [2.05, 4.69) is 256 Å². The zero-order valence-electron chi connectivity index (χ0n) is 49.9. The Balaban J connectivity index is 0.000000498. The second kappa shape index (κ2) is 34.7. The van der Waals surface area contributed by atoms with Gasteiger partial charge in [0.2, 0.25) is 0 Å². The van der Waals surface area contributed by atoms with Crippen molar-refractivity contribution < 1.29 is 77.2 Å². The van der Waals surface area contributed by atoms with Crippen molar-refractivity contribution in [2.45, 2.75) is 183 Å². The zero-order chi connectivity index (χ0) is 52.7. The van der Waals surface area contributed by atoms with Crippen molar-refractivity contribution >= 4 is 96.0 Å². The summed E-state index contributed by atoms with van der Waals surface area (Å²) in [5.74, 6) is 0. The molecule has 8 heteroatoms. The van der Waals surface area contributed by atoms with Crippen LogP contribution in [0.5, 0.6) is 0 Å². The molecule has 0 radical (unpaired) electrons. The Labute approximate surface area is 521 Å². The summed E-state index contributed by atoms with van der Waals surface area (Å²) < 4.78 is 0. The van der Waals surface area contributed by atoms with Crippen molar-refractivity contribution in [2.24, 2.45) is 0 Å². The van der Waals surface area contributed by atoms with E-state index in [1.165, 1.54) is 119 Å². The Morgan fingerprint density at radius 2 is 0.513 bits per heavy atom. The molecular formula is C68H96Cl2P4Zr2-2. The molecule has 0 atom stereocenters. The van der Waals surface area contributed by atoms with Crippen molar-refractivity contribution in [3.05, 3.63) is 146 Å². The van der Waals surface area contributed by atoms with Gasteiger partial charge in [-0.3, -0.25) is 0 Å². The smallest absolute Gasteiger partial charge is 1.00 e. The molecule has 8 aromatic rings. The molecule has 8 rings (SSSR count). The minimum Gasteiger partial charge on any atom is -1.00 e. The van der Waals surface area contributed by atoms with Crippen molar-refractivity contribution in [1.29, 1.82) is 0 Å². The molecule has 0 aromatic heterocycles. The third-order valence-corrected chi connectivity index (χ3v) is 25.8. The van der Waals surface area contributed by atoms with Gasteiger partial charge in [-0.2, -0.15) is 24.3 Å². The largest absolute Gasteiger partial charge is 2.00 e. The molecule has 76 heavy (non-hydrogen) atoms. The first kappa shape index (κ1) is 73.4. The average molecular weight is 1290 g/mol. The maximum atomic E-state index is 2.44. The summed E-state index contributed by atoms with van der Waals surface area (Å²) in [6.45, 7) is 37.7. The van der Waals surface area contributed by atoms with Gasteiger partial charge in [0.25, 0.3) is 0 Å². The van der Waals surface area contributed by atoms with E-state index in [1.807, 2.05) is 0 Å². The maximum absolute atomic E-state index is 2.44. The van der Waals surface area contributed by atoms with Crippen LogP contribution >= 0.6 is 31.7 Å². The SMILES string of the molecule is CC(C)(C)P(c1cc2ccccc2[cH-]1)C(C)(C)C.CC(C)(C)P(c1cc2ccccc2[cH-]1)C(C)(C)C.CCCCP(CCCC)c1cc2ccccc2[cH-]1.CCCCP(CCCC)c1cc2ccccc2[cH-]1.[Cl-].[Cl-].[Zr+2].[Zr+2]. The number of hydrogen-bond acceptors (Lipinski definition) is 0. The molecule has 0 aliphatic heterocycles. The molecule has 0 heterocycles. The first-order chi connectivity index (χ1) is 34.1. The van der Waals surface area contributed by atoms with Gasteiger partial charge in [-0.1, -0.05) is 192 Å². The summed E-state index contributed by atoms with van der Waals surface area (Å²) >= 11 is 0. The monoisotopic (exact) mass is 1290 g/mol. The van der Waals surface area contributed by atoms with Gasteiger partial charge in [0.05, 0.1) is 0 Å². The minimum atomic E-state index is -0.185. The van der Waals surface area contributed by atoms with Crippen LogP contribution in [0, 0.1) is 0 Å². The Kier molecular flexibility index (Phi) is 33.6. The molecule has 0 nitrogen and oxygen atoms in total. The van der Waals surface area contributed by atoms with Crippen LogP contribution in [0.2, 0.25) is 0 Å².